The molecule has 0 spiro atoms. The fourth-order valence-electron chi connectivity index (χ4n) is 1.16. The van der Waals surface area contributed by atoms with Crippen molar-refractivity contribution in [2.45, 2.75) is 6.54 Å². The van der Waals surface area contributed by atoms with Gasteiger partial charge in [0, 0.05) is 6.20 Å². The van der Waals surface area contributed by atoms with E-state index in [2.05, 4.69) is 20.3 Å². The first kappa shape index (κ1) is 7.24. The fourth-order valence-corrected chi connectivity index (χ4v) is 1.16. The van der Waals surface area contributed by atoms with E-state index >= 15 is 0 Å². The smallest absolute Gasteiger partial charge is 0.121 e. The van der Waals surface area contributed by atoms with Crippen molar-refractivity contribution in [2.24, 2.45) is 0 Å². The lowest BCUT2D eigenvalue weighted by atomic mass is 10.4. The summed E-state index contributed by atoms with van der Waals surface area (Å²) in [5.41, 5.74) is 1.96. The largest absolute Gasteiger partial charge is 0.341 e. The van der Waals surface area contributed by atoms with Crippen molar-refractivity contribution in [3.63, 3.8) is 0 Å². The Morgan fingerprint density at radius 3 is 3.25 bits per heavy atom. The number of H-pyrrole nitrogens is 1. The van der Waals surface area contributed by atoms with Gasteiger partial charge in [-0.05, 0) is 13.1 Å². The third-order valence-corrected chi connectivity index (χ3v) is 1.68. The lowest BCUT2D eigenvalue weighted by Gasteiger charge is -1.89. The number of hydrogen-bond acceptors (Lipinski definition) is 3. The molecule has 0 aliphatic carbocycles. The Morgan fingerprint density at radius 2 is 2.50 bits per heavy atom. The Labute approximate surface area is 70.0 Å². The van der Waals surface area contributed by atoms with Crippen LogP contribution in [0.5, 0.6) is 0 Å². The number of aromatic amines is 1. The first-order chi connectivity index (χ1) is 5.90. The molecule has 0 fully saturated rings. The van der Waals surface area contributed by atoms with Crippen molar-refractivity contribution < 1.29 is 0 Å². The van der Waals surface area contributed by atoms with Crippen molar-refractivity contribution in [1.29, 1.82) is 0 Å². The van der Waals surface area contributed by atoms with Crippen molar-refractivity contribution in [1.82, 2.24) is 20.3 Å². The van der Waals surface area contributed by atoms with E-state index in [1.54, 1.807) is 12.4 Å². The van der Waals surface area contributed by atoms with Gasteiger partial charge in [-0.2, -0.15) is 0 Å². The quantitative estimate of drug-likeness (QED) is 0.682. The molecule has 0 atom stereocenters. The highest BCUT2D eigenvalue weighted by atomic mass is 15.0. The highest BCUT2D eigenvalue weighted by Crippen LogP contribution is 2.07. The van der Waals surface area contributed by atoms with Gasteiger partial charge in [0.05, 0.1) is 18.3 Å². The van der Waals surface area contributed by atoms with E-state index < -0.39 is 0 Å². The minimum atomic E-state index is 0.759. The predicted octanol–water partition coefficient (Wildman–Crippen LogP) is 0.677. The average Bonchev–Trinajstić information content (AvgIpc) is 2.47. The van der Waals surface area contributed by atoms with E-state index in [0.717, 1.165) is 23.4 Å². The summed E-state index contributed by atoms with van der Waals surface area (Å²) in [5, 5.41) is 3.03. The molecule has 0 saturated heterocycles. The first-order valence-corrected chi connectivity index (χ1v) is 3.83. The Hall–Kier alpha value is -1.42. The molecular weight excluding hydrogens is 152 g/mol. The molecule has 0 bridgehead atoms. The van der Waals surface area contributed by atoms with Gasteiger partial charge in [0.1, 0.15) is 11.3 Å². The molecule has 0 radical (unpaired) electrons. The van der Waals surface area contributed by atoms with E-state index in [0.29, 0.717) is 0 Å². The number of hydrogen-bond donors (Lipinski definition) is 2. The lowest BCUT2D eigenvalue weighted by Crippen LogP contribution is -2.06. The van der Waals surface area contributed by atoms with Crippen LogP contribution in [0.1, 0.15) is 5.82 Å². The molecule has 2 aromatic rings. The molecule has 0 aliphatic rings. The van der Waals surface area contributed by atoms with E-state index in [1.165, 1.54) is 0 Å². The van der Waals surface area contributed by atoms with Gasteiger partial charge in [0.2, 0.25) is 0 Å². The van der Waals surface area contributed by atoms with Crippen LogP contribution in [0.4, 0.5) is 0 Å². The minimum absolute atomic E-state index is 0.759. The van der Waals surface area contributed by atoms with Gasteiger partial charge < -0.3 is 10.3 Å². The van der Waals surface area contributed by atoms with Crippen LogP contribution in [0.15, 0.2) is 18.5 Å². The molecule has 0 saturated carbocycles. The Balaban J connectivity index is 2.47. The molecule has 0 aliphatic heterocycles. The lowest BCUT2D eigenvalue weighted by molar-refractivity contribution is 0.775. The van der Waals surface area contributed by atoms with Gasteiger partial charge >= 0.3 is 0 Å². The average molecular weight is 162 g/mol. The molecule has 2 rings (SSSR count). The molecule has 12 heavy (non-hydrogen) atoms. The number of nitrogens with zero attached hydrogens (tertiary/aromatic N) is 2. The number of fused-ring (bicyclic) bond motifs is 1. The third kappa shape index (κ3) is 1.16. The van der Waals surface area contributed by atoms with Gasteiger partial charge in [-0.1, -0.05) is 0 Å². The van der Waals surface area contributed by atoms with Gasteiger partial charge in [0.15, 0.2) is 0 Å². The zero-order valence-corrected chi connectivity index (χ0v) is 6.83. The van der Waals surface area contributed by atoms with E-state index in [-0.39, 0.29) is 0 Å². The second-order valence-corrected chi connectivity index (χ2v) is 2.61. The molecule has 2 N–H and O–H groups in total. The predicted molar refractivity (Wildman–Crippen MR) is 46.7 cm³/mol. The molecular formula is C8H10N4. The summed E-state index contributed by atoms with van der Waals surface area (Å²) < 4.78 is 0. The molecule has 0 unspecified atom stereocenters. The van der Waals surface area contributed by atoms with Crippen molar-refractivity contribution in [3.05, 3.63) is 24.3 Å². The van der Waals surface area contributed by atoms with Crippen LogP contribution in [-0.4, -0.2) is 22.0 Å². The van der Waals surface area contributed by atoms with Gasteiger partial charge in [-0.25, -0.2) is 4.98 Å². The maximum Gasteiger partial charge on any atom is 0.121 e. The fraction of sp³-hybridized carbons (Fsp3) is 0.250. The first-order valence-electron chi connectivity index (χ1n) is 3.83. The number of nitrogens with one attached hydrogen (secondary N) is 2. The standard InChI is InChI=1S/C8H10N4/c1-9-5-8-11-6-2-3-10-4-7(6)12-8/h2-4,9H,5H2,1H3,(H,11,12). The van der Waals surface area contributed by atoms with Crippen molar-refractivity contribution in [3.8, 4) is 0 Å². The van der Waals surface area contributed by atoms with Crippen LogP contribution in [0.2, 0.25) is 0 Å². The molecule has 2 heterocycles. The third-order valence-electron chi connectivity index (χ3n) is 1.68. The number of pyridine rings is 1. The second kappa shape index (κ2) is 2.91. The monoisotopic (exact) mass is 162 g/mol. The molecule has 0 aromatic carbocycles. The van der Waals surface area contributed by atoms with Crippen molar-refractivity contribution >= 4 is 11.0 Å². The summed E-state index contributed by atoms with van der Waals surface area (Å²) in [7, 11) is 1.89. The van der Waals surface area contributed by atoms with Gasteiger partial charge in [0.25, 0.3) is 0 Å². The summed E-state index contributed by atoms with van der Waals surface area (Å²) in [6, 6.07) is 1.92. The summed E-state index contributed by atoms with van der Waals surface area (Å²) in [4.78, 5) is 11.5. The summed E-state index contributed by atoms with van der Waals surface area (Å²) in [6.07, 6.45) is 3.51. The summed E-state index contributed by atoms with van der Waals surface area (Å²) in [6.45, 7) is 0.759. The minimum Gasteiger partial charge on any atom is -0.341 e. The molecule has 4 heteroatoms. The van der Waals surface area contributed by atoms with Crippen LogP contribution < -0.4 is 5.32 Å². The maximum absolute atomic E-state index is 4.32. The Bertz CT molecular complexity index is 346. The molecule has 2 aromatic heterocycles. The number of rotatable bonds is 2. The number of aromatic nitrogens is 3. The van der Waals surface area contributed by atoms with Crippen molar-refractivity contribution in [2.75, 3.05) is 7.05 Å². The van der Waals surface area contributed by atoms with E-state index in [4.69, 9.17) is 0 Å². The molecule has 4 nitrogen and oxygen atoms in total. The molecule has 62 valence electrons. The van der Waals surface area contributed by atoms with Crippen LogP contribution in [0.25, 0.3) is 11.0 Å². The highest BCUT2D eigenvalue weighted by molar-refractivity contribution is 5.73. The SMILES string of the molecule is CNCc1nc2cnccc2[nH]1. The van der Waals surface area contributed by atoms with Crippen LogP contribution in [0, 0.1) is 0 Å². The van der Waals surface area contributed by atoms with Gasteiger partial charge in [-0.15, -0.1) is 0 Å². The topological polar surface area (TPSA) is 53.6 Å². The summed E-state index contributed by atoms with van der Waals surface area (Å²) >= 11 is 0. The normalized spacial score (nSPS) is 10.8. The second-order valence-electron chi connectivity index (χ2n) is 2.61. The Kier molecular flexibility index (Phi) is 1.75. The van der Waals surface area contributed by atoms with Crippen LogP contribution in [-0.2, 0) is 6.54 Å². The van der Waals surface area contributed by atoms with Crippen LogP contribution >= 0.6 is 0 Å². The van der Waals surface area contributed by atoms with Crippen LogP contribution in [0.3, 0.4) is 0 Å². The zero-order valence-electron chi connectivity index (χ0n) is 6.83. The van der Waals surface area contributed by atoms with Gasteiger partial charge in [-0.3, -0.25) is 4.98 Å². The zero-order chi connectivity index (χ0) is 8.39. The maximum atomic E-state index is 4.32. The number of imidazole rings is 1. The molecule has 0 amide bonds. The van der Waals surface area contributed by atoms with E-state index in [1.807, 2.05) is 13.1 Å². The Morgan fingerprint density at radius 1 is 1.58 bits per heavy atom. The van der Waals surface area contributed by atoms with E-state index in [9.17, 15) is 0 Å². The summed E-state index contributed by atoms with van der Waals surface area (Å²) in [5.74, 6) is 0.945. The highest BCUT2D eigenvalue weighted by Gasteiger charge is 1.99.